The van der Waals surface area contributed by atoms with Crippen molar-refractivity contribution in [2.24, 2.45) is 0 Å². The molecule has 0 fully saturated rings. The van der Waals surface area contributed by atoms with E-state index in [1.165, 1.54) is 30.0 Å². The van der Waals surface area contributed by atoms with Gasteiger partial charge in [-0.3, -0.25) is 9.59 Å². The molecule has 0 atom stereocenters. The summed E-state index contributed by atoms with van der Waals surface area (Å²) in [4.78, 5) is 24.4. The van der Waals surface area contributed by atoms with Gasteiger partial charge < -0.3 is 10.2 Å². The molecule has 1 rings (SSSR count). The van der Waals surface area contributed by atoms with Crippen LogP contribution in [0.1, 0.15) is 18.9 Å². The van der Waals surface area contributed by atoms with Crippen LogP contribution in [-0.4, -0.2) is 24.9 Å². The van der Waals surface area contributed by atoms with Crippen molar-refractivity contribution in [3.8, 4) is 0 Å². The number of alkyl halides is 3. The fourth-order valence-corrected chi connectivity index (χ4v) is 1.79. The number of anilines is 1. The number of carbonyl (C=O) groups excluding carboxylic acids is 2. The normalized spacial score (nSPS) is 10.9. The molecule has 7 heteroatoms. The summed E-state index contributed by atoms with van der Waals surface area (Å²) in [6, 6.07) is 4.24. The lowest BCUT2D eigenvalue weighted by molar-refractivity contribution is -0.137. The summed E-state index contributed by atoms with van der Waals surface area (Å²) in [5, 5.41) is 2.56. The van der Waals surface area contributed by atoms with E-state index in [0.29, 0.717) is 12.2 Å². The van der Waals surface area contributed by atoms with Gasteiger partial charge in [0.05, 0.1) is 5.56 Å². The van der Waals surface area contributed by atoms with Gasteiger partial charge in [0, 0.05) is 32.1 Å². The molecule has 2 amide bonds. The third kappa shape index (κ3) is 5.23. The van der Waals surface area contributed by atoms with Gasteiger partial charge in [0.1, 0.15) is 0 Å². The van der Waals surface area contributed by atoms with Crippen molar-refractivity contribution in [3.05, 3.63) is 42.5 Å². The van der Waals surface area contributed by atoms with E-state index in [-0.39, 0.29) is 24.8 Å². The molecule has 0 aliphatic heterocycles. The number of rotatable bonds is 6. The molecular formula is C15H17F3N2O2. The van der Waals surface area contributed by atoms with Gasteiger partial charge in [-0.15, -0.1) is 6.58 Å². The maximum atomic E-state index is 12.5. The second-order valence-electron chi connectivity index (χ2n) is 4.56. The summed E-state index contributed by atoms with van der Waals surface area (Å²) in [6.45, 7) is 5.16. The van der Waals surface area contributed by atoms with Gasteiger partial charge >= 0.3 is 6.18 Å². The molecule has 4 nitrogen and oxygen atoms in total. The number of nitrogens with zero attached hydrogens (tertiary/aromatic N) is 1. The molecule has 0 saturated carbocycles. The highest BCUT2D eigenvalue weighted by atomic mass is 19.4. The highest BCUT2D eigenvalue weighted by Crippen LogP contribution is 2.30. The zero-order valence-corrected chi connectivity index (χ0v) is 12.1. The number of hydrogen-bond acceptors (Lipinski definition) is 2. The van der Waals surface area contributed by atoms with Crippen LogP contribution < -0.4 is 10.2 Å². The fraction of sp³-hybridized carbons (Fsp3) is 0.333. The van der Waals surface area contributed by atoms with Gasteiger partial charge in [-0.1, -0.05) is 6.08 Å². The minimum Gasteiger partial charge on any atom is -0.353 e. The molecule has 0 heterocycles. The summed E-state index contributed by atoms with van der Waals surface area (Å²) < 4.78 is 37.5. The average Bonchev–Trinajstić information content (AvgIpc) is 2.44. The predicted octanol–water partition coefficient (Wildman–Crippen LogP) is 2.75. The van der Waals surface area contributed by atoms with E-state index in [0.717, 1.165) is 12.1 Å². The number of halogens is 3. The highest BCUT2D eigenvalue weighted by Gasteiger charge is 2.30. The monoisotopic (exact) mass is 314 g/mol. The molecule has 1 aromatic rings. The number of nitrogens with one attached hydrogen (secondary N) is 1. The Hall–Kier alpha value is -2.31. The van der Waals surface area contributed by atoms with Gasteiger partial charge in [0.2, 0.25) is 11.8 Å². The van der Waals surface area contributed by atoms with Gasteiger partial charge in [0.25, 0.3) is 0 Å². The lowest BCUT2D eigenvalue weighted by atomic mass is 10.2. The molecule has 0 bridgehead atoms. The van der Waals surface area contributed by atoms with Crippen LogP contribution in [0.3, 0.4) is 0 Å². The molecule has 0 unspecified atom stereocenters. The first-order valence-electron chi connectivity index (χ1n) is 6.58. The summed E-state index contributed by atoms with van der Waals surface area (Å²) in [5.74, 6) is -0.616. The summed E-state index contributed by atoms with van der Waals surface area (Å²) in [6.07, 6.45) is -2.85. The molecule has 1 aromatic carbocycles. The van der Waals surface area contributed by atoms with Crippen LogP contribution in [0.5, 0.6) is 0 Å². The van der Waals surface area contributed by atoms with E-state index >= 15 is 0 Å². The third-order valence-electron chi connectivity index (χ3n) is 2.89. The Morgan fingerprint density at radius 3 is 2.32 bits per heavy atom. The minimum atomic E-state index is -4.43. The van der Waals surface area contributed by atoms with Crippen LogP contribution in [0.15, 0.2) is 36.9 Å². The minimum absolute atomic E-state index is 0.0500. The van der Waals surface area contributed by atoms with Crippen LogP contribution in [0.4, 0.5) is 18.9 Å². The molecule has 0 saturated heterocycles. The van der Waals surface area contributed by atoms with Gasteiger partial charge in [0.15, 0.2) is 0 Å². The van der Waals surface area contributed by atoms with Crippen molar-refractivity contribution in [2.45, 2.75) is 19.5 Å². The SMILES string of the molecule is C=CCNC(=O)CCN(C(C)=O)c1ccc(C(F)(F)F)cc1. The Morgan fingerprint density at radius 2 is 1.86 bits per heavy atom. The molecule has 0 radical (unpaired) electrons. The maximum Gasteiger partial charge on any atom is 0.416 e. The average molecular weight is 314 g/mol. The van der Waals surface area contributed by atoms with Crippen LogP contribution in [0, 0.1) is 0 Å². The molecule has 0 aliphatic carbocycles. The molecule has 0 aromatic heterocycles. The number of amides is 2. The Bertz CT molecular complexity index is 539. The van der Waals surface area contributed by atoms with E-state index in [1.54, 1.807) is 0 Å². The van der Waals surface area contributed by atoms with Crippen molar-refractivity contribution in [1.82, 2.24) is 5.32 Å². The van der Waals surface area contributed by atoms with Crippen LogP contribution in [0.2, 0.25) is 0 Å². The van der Waals surface area contributed by atoms with E-state index in [1.807, 2.05) is 0 Å². The molecular weight excluding hydrogens is 297 g/mol. The Labute approximate surface area is 126 Å². The molecule has 0 aliphatic rings. The smallest absolute Gasteiger partial charge is 0.353 e. The van der Waals surface area contributed by atoms with Crippen molar-refractivity contribution < 1.29 is 22.8 Å². The van der Waals surface area contributed by atoms with E-state index in [2.05, 4.69) is 11.9 Å². The fourth-order valence-electron chi connectivity index (χ4n) is 1.79. The highest BCUT2D eigenvalue weighted by molar-refractivity contribution is 5.92. The first-order valence-corrected chi connectivity index (χ1v) is 6.58. The van der Waals surface area contributed by atoms with Gasteiger partial charge in [-0.2, -0.15) is 13.2 Å². The van der Waals surface area contributed by atoms with E-state index in [4.69, 9.17) is 0 Å². The zero-order chi connectivity index (χ0) is 16.8. The number of carbonyl (C=O) groups is 2. The van der Waals surface area contributed by atoms with E-state index in [9.17, 15) is 22.8 Å². The summed E-state index contributed by atoms with van der Waals surface area (Å²) in [5.41, 5.74) is -0.472. The van der Waals surface area contributed by atoms with Crippen LogP contribution >= 0.6 is 0 Å². The molecule has 120 valence electrons. The lowest BCUT2D eigenvalue weighted by Gasteiger charge is -2.21. The van der Waals surface area contributed by atoms with Gasteiger partial charge in [-0.25, -0.2) is 0 Å². The first kappa shape index (κ1) is 17.7. The Balaban J connectivity index is 2.77. The Morgan fingerprint density at radius 1 is 1.27 bits per heavy atom. The van der Waals surface area contributed by atoms with Crippen molar-refractivity contribution in [1.29, 1.82) is 0 Å². The first-order chi connectivity index (χ1) is 10.3. The number of benzene rings is 1. The standard InChI is InChI=1S/C15H17F3N2O2/c1-3-9-19-14(22)8-10-20(11(2)21)13-6-4-12(5-7-13)15(16,17)18/h3-7H,1,8-10H2,2H3,(H,19,22). The zero-order valence-electron chi connectivity index (χ0n) is 12.1. The van der Waals surface area contributed by atoms with Gasteiger partial charge in [-0.05, 0) is 24.3 Å². The van der Waals surface area contributed by atoms with Crippen molar-refractivity contribution in [3.63, 3.8) is 0 Å². The van der Waals surface area contributed by atoms with Crippen LogP contribution in [-0.2, 0) is 15.8 Å². The molecule has 22 heavy (non-hydrogen) atoms. The van der Waals surface area contributed by atoms with E-state index < -0.39 is 11.7 Å². The Kier molecular flexibility index (Phi) is 6.15. The van der Waals surface area contributed by atoms with Crippen molar-refractivity contribution in [2.75, 3.05) is 18.0 Å². The molecule has 1 N–H and O–H groups in total. The second kappa shape index (κ2) is 7.63. The molecule has 0 spiro atoms. The largest absolute Gasteiger partial charge is 0.416 e. The second-order valence-corrected chi connectivity index (χ2v) is 4.56. The number of hydrogen-bond donors (Lipinski definition) is 1. The van der Waals surface area contributed by atoms with Crippen LogP contribution in [0.25, 0.3) is 0 Å². The summed E-state index contributed by atoms with van der Waals surface area (Å²) in [7, 11) is 0. The lowest BCUT2D eigenvalue weighted by Crippen LogP contribution is -2.33. The summed E-state index contributed by atoms with van der Waals surface area (Å²) >= 11 is 0. The van der Waals surface area contributed by atoms with Crippen molar-refractivity contribution >= 4 is 17.5 Å². The third-order valence-corrected chi connectivity index (χ3v) is 2.89. The predicted molar refractivity (Wildman–Crippen MR) is 77.3 cm³/mol. The topological polar surface area (TPSA) is 49.4 Å². The maximum absolute atomic E-state index is 12.5. The quantitative estimate of drug-likeness (QED) is 0.821.